The maximum atomic E-state index is 12.4. The first-order valence-corrected chi connectivity index (χ1v) is 9.03. The van der Waals surface area contributed by atoms with Crippen LogP contribution in [0.3, 0.4) is 0 Å². The van der Waals surface area contributed by atoms with Crippen molar-refractivity contribution >= 4 is 44.5 Å². The number of hydrogen-bond acceptors (Lipinski definition) is 4. The molecular weight excluding hydrogens is 414 g/mol. The molecule has 27 heavy (non-hydrogen) atoms. The lowest BCUT2D eigenvalue weighted by Crippen LogP contribution is -2.38. The van der Waals surface area contributed by atoms with Crippen LogP contribution in [0.15, 0.2) is 56.1 Å². The molecule has 0 fully saturated rings. The number of aryl methyl sites for hydroxylation is 1. The molecule has 0 saturated carbocycles. The fourth-order valence-electron chi connectivity index (χ4n) is 2.68. The number of amides is 2. The van der Waals surface area contributed by atoms with E-state index < -0.39 is 5.76 Å². The van der Waals surface area contributed by atoms with E-state index in [2.05, 4.69) is 21.2 Å². The highest BCUT2D eigenvalue weighted by molar-refractivity contribution is 9.10. The lowest BCUT2D eigenvalue weighted by molar-refractivity contribution is -0.133. The summed E-state index contributed by atoms with van der Waals surface area (Å²) in [6.07, 6.45) is 0. The van der Waals surface area contributed by atoms with Gasteiger partial charge in [-0.05, 0) is 42.8 Å². The topological polar surface area (TPSA) is 84.5 Å². The van der Waals surface area contributed by atoms with Gasteiger partial charge in [-0.15, -0.1) is 0 Å². The Hall–Kier alpha value is -2.87. The largest absolute Gasteiger partial charge is 0.420 e. The van der Waals surface area contributed by atoms with Crippen molar-refractivity contribution in [1.82, 2.24) is 9.47 Å². The van der Waals surface area contributed by atoms with E-state index >= 15 is 0 Å². The molecule has 140 valence electrons. The van der Waals surface area contributed by atoms with Crippen LogP contribution in [-0.2, 0) is 16.1 Å². The standard InChI is InChI=1S/C19H18BrN3O4/c1-12-9-13(20)7-8-14(12)21-17(24)10-22(2)18(25)11-23-15-5-3-4-6-16(15)27-19(23)26/h3-9H,10-11H2,1-2H3,(H,21,24). The van der Waals surface area contributed by atoms with Crippen LogP contribution in [0.1, 0.15) is 5.56 Å². The van der Waals surface area contributed by atoms with Crippen LogP contribution in [0.5, 0.6) is 0 Å². The number of carbonyl (C=O) groups excluding carboxylic acids is 2. The molecule has 0 saturated heterocycles. The van der Waals surface area contributed by atoms with E-state index in [0.29, 0.717) is 16.8 Å². The van der Waals surface area contributed by atoms with E-state index in [1.165, 1.54) is 16.5 Å². The highest BCUT2D eigenvalue weighted by Crippen LogP contribution is 2.20. The van der Waals surface area contributed by atoms with Crippen molar-refractivity contribution in [2.24, 2.45) is 0 Å². The lowest BCUT2D eigenvalue weighted by atomic mass is 10.2. The fourth-order valence-corrected chi connectivity index (χ4v) is 3.16. The van der Waals surface area contributed by atoms with Crippen molar-refractivity contribution in [3.8, 4) is 0 Å². The van der Waals surface area contributed by atoms with E-state index in [9.17, 15) is 14.4 Å². The van der Waals surface area contributed by atoms with Crippen molar-refractivity contribution < 1.29 is 14.0 Å². The molecule has 0 aliphatic heterocycles. The zero-order chi connectivity index (χ0) is 19.6. The summed E-state index contributed by atoms with van der Waals surface area (Å²) in [5.74, 6) is -1.29. The molecule has 1 N–H and O–H groups in total. The van der Waals surface area contributed by atoms with Gasteiger partial charge in [0.05, 0.1) is 12.1 Å². The van der Waals surface area contributed by atoms with Crippen molar-refractivity contribution in [2.45, 2.75) is 13.5 Å². The maximum Gasteiger partial charge on any atom is 0.420 e. The van der Waals surface area contributed by atoms with Gasteiger partial charge in [-0.1, -0.05) is 28.1 Å². The Morgan fingerprint density at radius 3 is 2.70 bits per heavy atom. The quantitative estimate of drug-likeness (QED) is 0.672. The molecule has 1 heterocycles. The minimum Gasteiger partial charge on any atom is -0.408 e. The molecule has 0 atom stereocenters. The summed E-state index contributed by atoms with van der Waals surface area (Å²) in [6, 6.07) is 12.4. The SMILES string of the molecule is Cc1cc(Br)ccc1NC(=O)CN(C)C(=O)Cn1c(=O)oc2ccccc21. The summed E-state index contributed by atoms with van der Waals surface area (Å²) in [7, 11) is 1.52. The average Bonchev–Trinajstić information content (AvgIpc) is 2.93. The van der Waals surface area contributed by atoms with Crippen molar-refractivity contribution in [3.63, 3.8) is 0 Å². The number of carbonyl (C=O) groups is 2. The van der Waals surface area contributed by atoms with Crippen molar-refractivity contribution in [3.05, 3.63) is 63.1 Å². The summed E-state index contributed by atoms with van der Waals surface area (Å²) in [4.78, 5) is 37.9. The first kappa shape index (κ1) is 18.9. The molecule has 0 aliphatic rings. The Balaban J connectivity index is 1.65. The van der Waals surface area contributed by atoms with Crippen molar-refractivity contribution in [1.29, 1.82) is 0 Å². The number of hydrogen-bond donors (Lipinski definition) is 1. The third kappa shape index (κ3) is 4.28. The number of likely N-dealkylation sites (N-methyl/N-ethyl adjacent to an activating group) is 1. The molecule has 0 bridgehead atoms. The number of fused-ring (bicyclic) bond motifs is 1. The molecule has 2 aromatic carbocycles. The lowest BCUT2D eigenvalue weighted by Gasteiger charge is -2.17. The fraction of sp³-hybridized carbons (Fsp3) is 0.211. The van der Waals surface area contributed by atoms with Gasteiger partial charge in [0, 0.05) is 17.2 Å². The Morgan fingerprint density at radius 1 is 1.22 bits per heavy atom. The van der Waals surface area contributed by atoms with Crippen LogP contribution in [0.25, 0.3) is 11.1 Å². The van der Waals surface area contributed by atoms with Crippen LogP contribution < -0.4 is 11.1 Å². The second-order valence-corrected chi connectivity index (χ2v) is 7.09. The zero-order valence-corrected chi connectivity index (χ0v) is 16.4. The Morgan fingerprint density at radius 2 is 1.96 bits per heavy atom. The number of rotatable bonds is 5. The molecule has 1 aromatic heterocycles. The summed E-state index contributed by atoms with van der Waals surface area (Å²) >= 11 is 3.37. The number of aromatic nitrogens is 1. The third-order valence-corrected chi connectivity index (χ3v) is 4.63. The molecule has 3 rings (SSSR count). The van der Waals surface area contributed by atoms with Gasteiger partial charge in [-0.3, -0.25) is 14.2 Å². The Labute approximate surface area is 163 Å². The molecule has 3 aromatic rings. The summed E-state index contributed by atoms with van der Waals surface area (Å²) in [5, 5.41) is 2.78. The van der Waals surface area contributed by atoms with Crippen LogP contribution >= 0.6 is 15.9 Å². The maximum absolute atomic E-state index is 12.4. The van der Waals surface area contributed by atoms with Gasteiger partial charge in [0.2, 0.25) is 11.8 Å². The molecular formula is C19H18BrN3O4. The predicted molar refractivity (Wildman–Crippen MR) is 106 cm³/mol. The summed E-state index contributed by atoms with van der Waals surface area (Å²) < 4.78 is 7.29. The van der Waals surface area contributed by atoms with Crippen LogP contribution in [-0.4, -0.2) is 34.9 Å². The third-order valence-electron chi connectivity index (χ3n) is 4.14. The van der Waals surface area contributed by atoms with E-state index in [4.69, 9.17) is 4.42 Å². The molecule has 0 aliphatic carbocycles. The predicted octanol–water partition coefficient (Wildman–Crippen LogP) is 2.76. The highest BCUT2D eigenvalue weighted by Gasteiger charge is 2.17. The zero-order valence-electron chi connectivity index (χ0n) is 14.9. The van der Waals surface area contributed by atoms with E-state index in [1.807, 2.05) is 19.1 Å². The minimum absolute atomic E-state index is 0.126. The first-order chi connectivity index (χ1) is 12.8. The van der Waals surface area contributed by atoms with Gasteiger partial charge >= 0.3 is 5.76 Å². The van der Waals surface area contributed by atoms with Gasteiger partial charge < -0.3 is 14.6 Å². The number of anilines is 1. The summed E-state index contributed by atoms with van der Waals surface area (Å²) in [6.45, 7) is 1.56. The van der Waals surface area contributed by atoms with Gasteiger partial charge in [0.25, 0.3) is 0 Å². The van der Waals surface area contributed by atoms with Crippen LogP contribution in [0.2, 0.25) is 0 Å². The average molecular weight is 432 g/mol. The molecule has 7 nitrogen and oxygen atoms in total. The molecule has 2 amide bonds. The highest BCUT2D eigenvalue weighted by atomic mass is 79.9. The van der Waals surface area contributed by atoms with Gasteiger partial charge in [0.1, 0.15) is 6.54 Å². The number of para-hydroxylation sites is 2. The molecule has 8 heteroatoms. The second-order valence-electron chi connectivity index (χ2n) is 6.18. The normalized spacial score (nSPS) is 10.8. The number of nitrogens with zero attached hydrogens (tertiary/aromatic N) is 2. The Bertz CT molecular complexity index is 1070. The first-order valence-electron chi connectivity index (χ1n) is 8.23. The number of nitrogens with one attached hydrogen (secondary N) is 1. The molecule has 0 spiro atoms. The Kier molecular flexibility index (Phi) is 5.46. The van der Waals surface area contributed by atoms with E-state index in [-0.39, 0.29) is 24.9 Å². The molecule has 0 unspecified atom stereocenters. The summed E-state index contributed by atoms with van der Waals surface area (Å²) in [5.41, 5.74) is 2.55. The number of benzene rings is 2. The smallest absolute Gasteiger partial charge is 0.408 e. The number of halogens is 1. The second kappa shape index (κ2) is 7.79. The van der Waals surface area contributed by atoms with Gasteiger partial charge in [-0.25, -0.2) is 4.79 Å². The minimum atomic E-state index is -0.604. The molecule has 0 radical (unpaired) electrons. The van der Waals surface area contributed by atoms with E-state index in [0.717, 1.165) is 10.0 Å². The van der Waals surface area contributed by atoms with Crippen LogP contribution in [0, 0.1) is 6.92 Å². The van der Waals surface area contributed by atoms with Gasteiger partial charge in [0.15, 0.2) is 5.58 Å². The monoisotopic (exact) mass is 431 g/mol. The van der Waals surface area contributed by atoms with Crippen molar-refractivity contribution in [2.75, 3.05) is 18.9 Å². The number of oxazole rings is 1. The van der Waals surface area contributed by atoms with Gasteiger partial charge in [-0.2, -0.15) is 0 Å². The van der Waals surface area contributed by atoms with E-state index in [1.54, 1.807) is 30.3 Å². The van der Waals surface area contributed by atoms with Crippen LogP contribution in [0.4, 0.5) is 5.69 Å².